The summed E-state index contributed by atoms with van der Waals surface area (Å²) in [6.07, 6.45) is 3.53. The van der Waals surface area contributed by atoms with Crippen molar-refractivity contribution >= 4 is 32.5 Å². The van der Waals surface area contributed by atoms with Gasteiger partial charge in [0, 0.05) is 18.8 Å². The molecule has 0 amide bonds. The Morgan fingerprint density at radius 3 is 2.62 bits per heavy atom. The summed E-state index contributed by atoms with van der Waals surface area (Å²) in [5.74, 6) is 0. The molecule has 1 aliphatic carbocycles. The Labute approximate surface area is 129 Å². The number of sulfone groups is 1. The fourth-order valence-electron chi connectivity index (χ4n) is 2.40. The third-order valence-electron chi connectivity index (χ3n) is 3.66. The van der Waals surface area contributed by atoms with Crippen molar-refractivity contribution in [1.29, 1.82) is 0 Å². The molecule has 1 heterocycles. The lowest BCUT2D eigenvalue weighted by Crippen LogP contribution is -2.25. The average molecular weight is 322 g/mol. The Hall–Kier alpha value is -1.53. The van der Waals surface area contributed by atoms with Crippen LogP contribution in [0.15, 0.2) is 39.9 Å². The molecule has 0 bridgehead atoms. The van der Waals surface area contributed by atoms with Gasteiger partial charge in [0.2, 0.25) is 0 Å². The molecule has 2 N–H and O–H groups in total. The predicted molar refractivity (Wildman–Crippen MR) is 87.5 cm³/mol. The molecular weight excluding hydrogens is 304 g/mol. The molecule has 0 unspecified atom stereocenters. The van der Waals surface area contributed by atoms with E-state index in [1.165, 1.54) is 11.8 Å². The van der Waals surface area contributed by atoms with Crippen molar-refractivity contribution in [2.45, 2.75) is 30.3 Å². The van der Waals surface area contributed by atoms with Crippen molar-refractivity contribution in [3.8, 4) is 0 Å². The molecule has 112 valence electrons. The van der Waals surface area contributed by atoms with Crippen LogP contribution in [0.2, 0.25) is 0 Å². The largest absolute Gasteiger partial charge is 0.397 e. The van der Waals surface area contributed by atoms with Gasteiger partial charge >= 0.3 is 0 Å². The van der Waals surface area contributed by atoms with Gasteiger partial charge in [0.15, 0.2) is 9.84 Å². The quantitative estimate of drug-likeness (QED) is 0.860. The first-order valence-electron chi connectivity index (χ1n) is 6.82. The third kappa shape index (κ3) is 3.22. The van der Waals surface area contributed by atoms with Gasteiger partial charge in [0.1, 0.15) is 0 Å². The van der Waals surface area contributed by atoms with Crippen LogP contribution in [-0.2, 0) is 16.4 Å². The lowest BCUT2D eigenvalue weighted by molar-refractivity contribution is 0.602. The van der Waals surface area contributed by atoms with Gasteiger partial charge in [0.05, 0.1) is 16.3 Å². The summed E-state index contributed by atoms with van der Waals surface area (Å²) in [5.41, 5.74) is 8.83. The van der Waals surface area contributed by atoms with Crippen LogP contribution in [0.25, 0.3) is 0 Å². The molecule has 1 fully saturated rings. The molecule has 0 saturated heterocycles. The zero-order chi connectivity index (χ0) is 15.0. The minimum atomic E-state index is -3.22. The van der Waals surface area contributed by atoms with E-state index in [1.54, 1.807) is 23.5 Å². The highest BCUT2D eigenvalue weighted by atomic mass is 32.2. The van der Waals surface area contributed by atoms with Gasteiger partial charge in [-0.2, -0.15) is 11.3 Å². The van der Waals surface area contributed by atoms with Crippen molar-refractivity contribution in [2.24, 2.45) is 0 Å². The van der Waals surface area contributed by atoms with Crippen molar-refractivity contribution in [1.82, 2.24) is 0 Å². The van der Waals surface area contributed by atoms with E-state index in [0.29, 0.717) is 11.7 Å². The summed E-state index contributed by atoms with van der Waals surface area (Å²) in [5, 5.41) is 4.20. The molecule has 0 spiro atoms. The van der Waals surface area contributed by atoms with Crippen LogP contribution in [0.1, 0.15) is 18.4 Å². The predicted octanol–water partition coefficient (Wildman–Crippen LogP) is 2.90. The van der Waals surface area contributed by atoms with E-state index in [9.17, 15) is 8.42 Å². The van der Waals surface area contributed by atoms with Crippen LogP contribution >= 0.6 is 11.3 Å². The molecule has 1 aliphatic rings. The first-order chi connectivity index (χ1) is 9.95. The van der Waals surface area contributed by atoms with Crippen LogP contribution in [0.5, 0.6) is 0 Å². The van der Waals surface area contributed by atoms with Crippen LogP contribution in [0, 0.1) is 0 Å². The minimum absolute atomic E-state index is 0.273. The Morgan fingerprint density at radius 2 is 2.10 bits per heavy atom. The Kier molecular flexibility index (Phi) is 3.67. The topological polar surface area (TPSA) is 63.4 Å². The van der Waals surface area contributed by atoms with Gasteiger partial charge in [-0.3, -0.25) is 0 Å². The second-order valence-corrected chi connectivity index (χ2v) is 8.28. The lowest BCUT2D eigenvalue weighted by Gasteiger charge is -2.26. The number of hydrogen-bond donors (Lipinski definition) is 1. The van der Waals surface area contributed by atoms with E-state index < -0.39 is 9.84 Å². The first kappa shape index (κ1) is 14.4. The second kappa shape index (κ2) is 5.35. The molecule has 0 radical (unpaired) electrons. The number of nitrogen functional groups attached to an aromatic ring is 1. The summed E-state index contributed by atoms with van der Waals surface area (Å²) in [7, 11) is -3.22. The van der Waals surface area contributed by atoms with Gasteiger partial charge in [-0.15, -0.1) is 0 Å². The van der Waals surface area contributed by atoms with E-state index in [0.717, 1.165) is 25.1 Å². The number of thiophene rings is 1. The fraction of sp³-hybridized carbons (Fsp3) is 0.333. The maximum absolute atomic E-state index is 11.6. The normalized spacial score (nSPS) is 15.1. The van der Waals surface area contributed by atoms with E-state index in [4.69, 9.17) is 5.73 Å². The highest BCUT2D eigenvalue weighted by Gasteiger charge is 2.30. The van der Waals surface area contributed by atoms with E-state index >= 15 is 0 Å². The Morgan fingerprint density at radius 1 is 1.33 bits per heavy atom. The number of nitrogens with zero attached hydrogens (tertiary/aromatic N) is 1. The molecular formula is C15H18N2O2S2. The van der Waals surface area contributed by atoms with E-state index in [2.05, 4.69) is 21.7 Å². The smallest absolute Gasteiger partial charge is 0.175 e. The highest BCUT2D eigenvalue weighted by Crippen LogP contribution is 2.37. The Bertz CT molecular complexity index is 735. The van der Waals surface area contributed by atoms with Crippen LogP contribution in [0.4, 0.5) is 11.4 Å². The van der Waals surface area contributed by atoms with Gasteiger partial charge in [-0.25, -0.2) is 8.42 Å². The van der Waals surface area contributed by atoms with Gasteiger partial charge < -0.3 is 10.6 Å². The molecule has 0 atom stereocenters. The zero-order valence-electron chi connectivity index (χ0n) is 11.8. The number of rotatable bonds is 5. The van der Waals surface area contributed by atoms with Crippen molar-refractivity contribution in [3.63, 3.8) is 0 Å². The molecule has 6 heteroatoms. The molecule has 2 aromatic rings. The van der Waals surface area contributed by atoms with Crippen molar-refractivity contribution < 1.29 is 8.42 Å². The summed E-state index contributed by atoms with van der Waals surface area (Å²) < 4.78 is 23.2. The maximum Gasteiger partial charge on any atom is 0.175 e. The summed E-state index contributed by atoms with van der Waals surface area (Å²) >= 11 is 1.68. The molecule has 1 aromatic heterocycles. The first-order valence-corrected chi connectivity index (χ1v) is 9.66. The lowest BCUT2D eigenvalue weighted by atomic mass is 10.2. The number of nitrogens with two attached hydrogens (primary N) is 1. The fourth-order valence-corrected chi connectivity index (χ4v) is 3.72. The standard InChI is InChI=1S/C15H18N2O2S2/c1-21(18,19)13-4-5-15(14(16)8-13)17(12-2-3-12)9-11-6-7-20-10-11/h4-8,10,12H,2-3,9,16H2,1H3. The van der Waals surface area contributed by atoms with E-state index in [-0.39, 0.29) is 4.90 Å². The molecule has 1 saturated carbocycles. The van der Waals surface area contributed by atoms with Crippen LogP contribution in [-0.4, -0.2) is 20.7 Å². The zero-order valence-corrected chi connectivity index (χ0v) is 13.5. The van der Waals surface area contributed by atoms with Crippen molar-refractivity contribution in [2.75, 3.05) is 16.9 Å². The minimum Gasteiger partial charge on any atom is -0.397 e. The number of benzene rings is 1. The monoisotopic (exact) mass is 322 g/mol. The van der Waals surface area contributed by atoms with Gasteiger partial charge in [0.25, 0.3) is 0 Å². The summed E-state index contributed by atoms with van der Waals surface area (Å²) in [4.78, 5) is 2.55. The highest BCUT2D eigenvalue weighted by molar-refractivity contribution is 7.90. The number of hydrogen-bond acceptors (Lipinski definition) is 5. The van der Waals surface area contributed by atoms with Crippen molar-refractivity contribution in [3.05, 3.63) is 40.6 Å². The van der Waals surface area contributed by atoms with E-state index in [1.807, 2.05) is 6.07 Å². The summed E-state index contributed by atoms with van der Waals surface area (Å²) in [6.45, 7) is 0.816. The van der Waals surface area contributed by atoms with Crippen LogP contribution < -0.4 is 10.6 Å². The molecule has 21 heavy (non-hydrogen) atoms. The Balaban J connectivity index is 1.93. The molecule has 3 rings (SSSR count). The van der Waals surface area contributed by atoms with Crippen LogP contribution in [0.3, 0.4) is 0 Å². The molecule has 0 aliphatic heterocycles. The van der Waals surface area contributed by atoms with Gasteiger partial charge in [-0.05, 0) is 53.4 Å². The molecule has 4 nitrogen and oxygen atoms in total. The maximum atomic E-state index is 11.6. The average Bonchev–Trinajstić information content (AvgIpc) is 3.13. The summed E-state index contributed by atoms with van der Waals surface area (Å²) in [6, 6.07) is 7.66. The van der Waals surface area contributed by atoms with Gasteiger partial charge in [-0.1, -0.05) is 0 Å². The third-order valence-corrected chi connectivity index (χ3v) is 5.50. The SMILES string of the molecule is CS(=O)(=O)c1ccc(N(Cc2ccsc2)C2CC2)c(N)c1. The second-order valence-electron chi connectivity index (χ2n) is 5.48. The number of anilines is 2. The molecule has 1 aromatic carbocycles.